The second kappa shape index (κ2) is 7.75. The summed E-state index contributed by atoms with van der Waals surface area (Å²) in [5.41, 5.74) is 5.95. The van der Waals surface area contributed by atoms with Crippen molar-refractivity contribution in [3.8, 4) is 0 Å². The molecule has 2 aromatic carbocycles. The number of aromatic nitrogens is 2. The summed E-state index contributed by atoms with van der Waals surface area (Å²) in [7, 11) is -4.27. The number of carbonyl (C=O) groups is 1. The Hall–Kier alpha value is -1.87. The number of fused-ring (bicyclic) bond motifs is 3. The smallest absolute Gasteiger partial charge is 0.423 e. The van der Waals surface area contributed by atoms with E-state index in [1.165, 1.54) is 17.3 Å². The SMILES string of the molecule is O=C([N-]S(=O)(=O)n1ncc2ccccc21)Nc1c2c(cc3c1CCC3)CCC2.[Na+]. The Morgan fingerprint density at radius 2 is 1.69 bits per heavy atom. The van der Waals surface area contributed by atoms with Gasteiger partial charge in [-0.2, -0.15) is 9.19 Å². The largest absolute Gasteiger partial charge is 1.00 e. The van der Waals surface area contributed by atoms with Gasteiger partial charge in [-0.1, -0.05) is 24.3 Å². The fourth-order valence-corrected chi connectivity index (χ4v) is 5.29. The molecular formula is C20H19N4NaO3S. The number of urea groups is 1. The minimum atomic E-state index is -4.27. The molecule has 0 saturated carbocycles. The molecule has 1 aromatic heterocycles. The molecule has 0 atom stereocenters. The molecule has 0 saturated heterocycles. The van der Waals surface area contributed by atoms with Crippen molar-refractivity contribution >= 4 is 32.8 Å². The Morgan fingerprint density at radius 1 is 1.03 bits per heavy atom. The average molecular weight is 418 g/mol. The molecule has 7 nitrogen and oxygen atoms in total. The van der Waals surface area contributed by atoms with Gasteiger partial charge in [-0.25, -0.2) is 8.42 Å². The Bertz CT molecular complexity index is 1190. The van der Waals surface area contributed by atoms with Crippen molar-refractivity contribution < 1.29 is 42.8 Å². The number of hydrogen-bond donors (Lipinski definition) is 1. The molecule has 2 aliphatic carbocycles. The van der Waals surface area contributed by atoms with E-state index < -0.39 is 16.2 Å². The summed E-state index contributed by atoms with van der Waals surface area (Å²) in [6, 6.07) is 8.27. The van der Waals surface area contributed by atoms with E-state index in [4.69, 9.17) is 0 Å². The third-order valence-corrected chi connectivity index (χ3v) is 6.69. The molecule has 144 valence electrons. The fourth-order valence-electron chi connectivity index (χ4n) is 4.37. The van der Waals surface area contributed by atoms with Gasteiger partial charge in [0.1, 0.15) is 0 Å². The standard InChI is InChI=1S/C20H20N4O3S.Na/c25-20(23-28(26,27)24-18-10-2-1-5-15(18)12-21-24)22-19-16-8-3-6-13(16)11-14-7-4-9-17(14)19;/h1-2,5,10-12H,3-4,6-9H2,(H2,22,23,25);/q;+1/p-1. The molecule has 0 bridgehead atoms. The van der Waals surface area contributed by atoms with Gasteiger partial charge in [0.25, 0.3) is 10.2 Å². The number of anilines is 1. The van der Waals surface area contributed by atoms with Gasteiger partial charge in [0, 0.05) is 5.39 Å². The summed E-state index contributed by atoms with van der Waals surface area (Å²) in [6.45, 7) is 0. The Balaban J connectivity index is 0.00000205. The molecular weight excluding hydrogens is 399 g/mol. The molecule has 0 spiro atoms. The molecule has 9 heteroatoms. The van der Waals surface area contributed by atoms with Gasteiger partial charge < -0.3 is 10.0 Å². The minimum Gasteiger partial charge on any atom is -0.423 e. The number of aryl methyl sites for hydroxylation is 2. The van der Waals surface area contributed by atoms with Gasteiger partial charge in [0.2, 0.25) is 0 Å². The normalized spacial score (nSPS) is 14.9. The molecule has 0 fully saturated rings. The van der Waals surface area contributed by atoms with E-state index in [-0.39, 0.29) is 29.6 Å². The van der Waals surface area contributed by atoms with Crippen molar-refractivity contribution in [2.75, 3.05) is 5.32 Å². The first-order chi connectivity index (χ1) is 13.5. The van der Waals surface area contributed by atoms with Crippen molar-refractivity contribution in [2.45, 2.75) is 38.5 Å². The summed E-state index contributed by atoms with van der Waals surface area (Å²) in [5.74, 6) is 0. The van der Waals surface area contributed by atoms with Crippen LogP contribution < -0.4 is 34.9 Å². The van der Waals surface area contributed by atoms with Crippen LogP contribution in [0.1, 0.15) is 35.1 Å². The maximum Gasteiger partial charge on any atom is 1.00 e. The van der Waals surface area contributed by atoms with Crippen molar-refractivity contribution in [1.82, 2.24) is 9.19 Å². The molecule has 1 N–H and O–H groups in total. The van der Waals surface area contributed by atoms with Crippen LogP contribution in [-0.2, 0) is 35.9 Å². The summed E-state index contributed by atoms with van der Waals surface area (Å²) in [4.78, 5) is 12.6. The number of benzene rings is 2. The molecule has 29 heavy (non-hydrogen) atoms. The first-order valence-electron chi connectivity index (χ1n) is 9.42. The zero-order valence-corrected chi connectivity index (χ0v) is 19.0. The van der Waals surface area contributed by atoms with Crippen LogP contribution in [0.3, 0.4) is 0 Å². The van der Waals surface area contributed by atoms with Crippen LogP contribution in [0.25, 0.3) is 15.6 Å². The van der Waals surface area contributed by atoms with Crippen LogP contribution in [0.15, 0.2) is 36.5 Å². The van der Waals surface area contributed by atoms with E-state index in [2.05, 4.69) is 21.2 Å². The van der Waals surface area contributed by atoms with E-state index in [9.17, 15) is 13.2 Å². The van der Waals surface area contributed by atoms with Gasteiger partial charge in [-0.05, 0) is 72.5 Å². The zero-order valence-electron chi connectivity index (χ0n) is 16.2. The van der Waals surface area contributed by atoms with Crippen LogP contribution in [0.2, 0.25) is 0 Å². The van der Waals surface area contributed by atoms with Gasteiger partial charge in [-0.15, -0.1) is 0 Å². The van der Waals surface area contributed by atoms with Gasteiger partial charge in [-0.3, -0.25) is 4.79 Å². The zero-order chi connectivity index (χ0) is 19.3. The van der Waals surface area contributed by atoms with E-state index in [0.717, 1.165) is 59.4 Å². The third kappa shape index (κ3) is 3.59. The number of rotatable bonds is 3. The molecule has 0 radical (unpaired) electrons. The second-order valence-corrected chi connectivity index (χ2v) is 8.70. The molecule has 0 unspecified atom stereocenters. The summed E-state index contributed by atoms with van der Waals surface area (Å²) in [6.07, 6.45) is 7.34. The number of nitrogens with one attached hydrogen (secondary N) is 1. The van der Waals surface area contributed by atoms with Crippen LogP contribution in [0.4, 0.5) is 10.5 Å². The molecule has 0 aliphatic heterocycles. The molecule has 1 heterocycles. The number of hydrogen-bond acceptors (Lipinski definition) is 4. The van der Waals surface area contributed by atoms with Crippen LogP contribution in [0.5, 0.6) is 0 Å². The number of carbonyl (C=O) groups excluding carboxylic acids is 1. The monoisotopic (exact) mass is 418 g/mol. The van der Waals surface area contributed by atoms with Crippen molar-refractivity contribution in [1.29, 1.82) is 0 Å². The van der Waals surface area contributed by atoms with E-state index in [0.29, 0.717) is 10.9 Å². The summed E-state index contributed by atoms with van der Waals surface area (Å²) < 4.78 is 29.6. The summed E-state index contributed by atoms with van der Waals surface area (Å²) in [5, 5.41) is 7.35. The maximum absolute atomic E-state index is 12.6. The number of nitrogens with zero attached hydrogens (tertiary/aromatic N) is 3. The average Bonchev–Trinajstić information content (AvgIpc) is 3.39. The molecule has 3 aromatic rings. The third-order valence-electron chi connectivity index (χ3n) is 5.57. The van der Waals surface area contributed by atoms with Crippen molar-refractivity contribution in [2.24, 2.45) is 0 Å². The Morgan fingerprint density at radius 3 is 2.38 bits per heavy atom. The topological polar surface area (TPSA) is 95.2 Å². The van der Waals surface area contributed by atoms with Crippen molar-refractivity contribution in [3.05, 3.63) is 63.5 Å². The molecule has 5 rings (SSSR count). The quantitative estimate of drug-likeness (QED) is 0.634. The predicted octanol–water partition coefficient (Wildman–Crippen LogP) is 0.716. The summed E-state index contributed by atoms with van der Waals surface area (Å²) >= 11 is 0. The number of amides is 2. The fraction of sp³-hybridized carbons (Fsp3) is 0.300. The number of para-hydroxylation sites is 1. The minimum absolute atomic E-state index is 0. The van der Waals surface area contributed by atoms with Crippen molar-refractivity contribution in [3.63, 3.8) is 0 Å². The van der Waals surface area contributed by atoms with Gasteiger partial charge in [0.05, 0.1) is 11.7 Å². The second-order valence-electron chi connectivity index (χ2n) is 7.28. The van der Waals surface area contributed by atoms with Gasteiger partial charge in [0.15, 0.2) is 6.03 Å². The van der Waals surface area contributed by atoms with E-state index in [1.807, 2.05) is 0 Å². The predicted molar refractivity (Wildman–Crippen MR) is 107 cm³/mol. The Kier molecular flexibility index (Phi) is 5.46. The first kappa shape index (κ1) is 20.4. The first-order valence-corrected chi connectivity index (χ1v) is 10.8. The molecule has 2 amide bonds. The van der Waals surface area contributed by atoms with Crippen LogP contribution in [0, 0.1) is 0 Å². The van der Waals surface area contributed by atoms with Crippen LogP contribution >= 0.6 is 0 Å². The van der Waals surface area contributed by atoms with E-state index >= 15 is 0 Å². The van der Waals surface area contributed by atoms with E-state index in [1.54, 1.807) is 24.3 Å². The van der Waals surface area contributed by atoms with Gasteiger partial charge >= 0.3 is 29.6 Å². The Labute approximate surface area is 191 Å². The molecule has 2 aliphatic rings. The van der Waals surface area contributed by atoms with Crippen LogP contribution in [-0.4, -0.2) is 23.6 Å². The maximum atomic E-state index is 12.6.